The van der Waals surface area contributed by atoms with Gasteiger partial charge in [-0.05, 0) is 12.0 Å². The van der Waals surface area contributed by atoms with Crippen LogP contribution in [0.5, 0.6) is 0 Å². The van der Waals surface area contributed by atoms with E-state index in [9.17, 15) is 25.0 Å². The Kier molecular flexibility index (Phi) is 6.34. The van der Waals surface area contributed by atoms with Gasteiger partial charge in [0.1, 0.15) is 6.07 Å². The van der Waals surface area contributed by atoms with Crippen molar-refractivity contribution in [1.29, 1.82) is 0 Å². The molecule has 138 valence electrons. The molecule has 27 heavy (non-hydrogen) atoms. The van der Waals surface area contributed by atoms with Gasteiger partial charge in [0.05, 0.1) is 15.4 Å². The van der Waals surface area contributed by atoms with Crippen molar-refractivity contribution in [1.82, 2.24) is 5.32 Å². The lowest BCUT2D eigenvalue weighted by Crippen LogP contribution is -2.32. The number of nitrogens with zero attached hydrogens (tertiary/aromatic N) is 6. The summed E-state index contributed by atoms with van der Waals surface area (Å²) in [6, 6.07) is 6.25. The predicted molar refractivity (Wildman–Crippen MR) is 92.2 cm³/mol. The summed E-state index contributed by atoms with van der Waals surface area (Å²) in [5, 5.41) is 28.0. The average molecular weight is 372 g/mol. The van der Waals surface area contributed by atoms with E-state index in [0.29, 0.717) is 18.5 Å². The van der Waals surface area contributed by atoms with Gasteiger partial charge < -0.3 is 5.32 Å². The zero-order chi connectivity index (χ0) is 19.8. The van der Waals surface area contributed by atoms with Gasteiger partial charge in [-0.15, -0.1) is 0 Å². The van der Waals surface area contributed by atoms with Crippen LogP contribution in [0.3, 0.4) is 0 Å². The van der Waals surface area contributed by atoms with E-state index in [1.165, 1.54) is 41.2 Å². The van der Waals surface area contributed by atoms with E-state index in [1.54, 1.807) is 0 Å². The highest BCUT2D eigenvalue weighted by molar-refractivity contribution is 5.93. The number of nitrogens with one attached hydrogen (secondary N) is 1. The van der Waals surface area contributed by atoms with Gasteiger partial charge >= 0.3 is 5.69 Å². The molecule has 0 unspecified atom stereocenters. The molecule has 0 aliphatic carbocycles. The first-order chi connectivity index (χ1) is 12.9. The lowest BCUT2D eigenvalue weighted by Gasteiger charge is -2.03. The fraction of sp³-hybridized carbons (Fsp3) is 0.200. The maximum absolute atomic E-state index is 12.0. The van der Waals surface area contributed by atoms with Crippen molar-refractivity contribution in [2.45, 2.75) is 6.42 Å². The van der Waals surface area contributed by atoms with Crippen LogP contribution in [0.4, 0.5) is 11.4 Å². The molecule has 2 aromatic rings. The van der Waals surface area contributed by atoms with Crippen molar-refractivity contribution in [2.24, 2.45) is 5.11 Å². The second-order valence-electron chi connectivity index (χ2n) is 5.25. The topological polar surface area (TPSA) is 168 Å². The molecular weight excluding hydrogens is 358 g/mol. The summed E-state index contributed by atoms with van der Waals surface area (Å²) in [4.78, 5) is 35.2. The maximum Gasteiger partial charge on any atom is 0.347 e. The Morgan fingerprint density at radius 1 is 1.19 bits per heavy atom. The number of aromatic nitrogens is 1. The largest absolute Gasteiger partial charge is 0.352 e. The summed E-state index contributed by atoms with van der Waals surface area (Å²) < 4.78 is 1.39. The molecule has 0 saturated heterocycles. The van der Waals surface area contributed by atoms with Gasteiger partial charge in [-0.1, -0.05) is 5.11 Å². The third-order valence-electron chi connectivity index (χ3n) is 3.52. The summed E-state index contributed by atoms with van der Waals surface area (Å²) in [6.45, 7) is 0.607. The van der Waals surface area contributed by atoms with E-state index in [0.717, 1.165) is 6.07 Å². The van der Waals surface area contributed by atoms with Crippen molar-refractivity contribution in [3.63, 3.8) is 0 Å². The lowest BCUT2D eigenvalue weighted by molar-refractivity contribution is -0.601. The van der Waals surface area contributed by atoms with Gasteiger partial charge in [0.2, 0.25) is 0 Å². The number of benzene rings is 1. The number of carbonyl (C=O) groups excluding carboxylic acids is 1. The van der Waals surface area contributed by atoms with Gasteiger partial charge in [0.25, 0.3) is 17.3 Å². The average Bonchev–Trinajstić information content (AvgIpc) is 2.67. The number of pyridine rings is 1. The second-order valence-corrected chi connectivity index (χ2v) is 5.25. The molecule has 0 aliphatic heterocycles. The Labute approximate surface area is 152 Å². The highest BCUT2D eigenvalue weighted by Gasteiger charge is 2.26. The first kappa shape index (κ1) is 19.3. The zero-order valence-corrected chi connectivity index (χ0v) is 13.9. The molecule has 12 nitrogen and oxygen atoms in total. The highest BCUT2D eigenvalue weighted by Crippen LogP contribution is 2.24. The van der Waals surface area contributed by atoms with Crippen LogP contribution in [0, 0.1) is 20.2 Å². The van der Waals surface area contributed by atoms with E-state index in [2.05, 4.69) is 15.3 Å². The van der Waals surface area contributed by atoms with E-state index < -0.39 is 15.5 Å². The summed E-state index contributed by atoms with van der Waals surface area (Å²) >= 11 is 0. The molecule has 0 saturated carbocycles. The molecular formula is C15H14N7O5+. The number of non-ortho nitro benzene ring substituents is 1. The van der Waals surface area contributed by atoms with Crippen molar-refractivity contribution in [3.05, 3.63) is 79.0 Å². The third-order valence-corrected chi connectivity index (χ3v) is 3.52. The number of carbonyl (C=O) groups is 1. The summed E-state index contributed by atoms with van der Waals surface area (Å²) in [5.74, 6) is -0.346. The quantitative estimate of drug-likeness (QED) is 0.142. The number of hydrogen-bond donors (Lipinski definition) is 1. The number of amides is 1. The Hall–Kier alpha value is -4.05. The molecule has 1 aromatic heterocycles. The minimum atomic E-state index is -0.711. The van der Waals surface area contributed by atoms with E-state index >= 15 is 0 Å². The number of rotatable bonds is 8. The SMILES string of the molecule is [N-]=[N+]=NCCCNC(=O)c1cc[n+](-c2ccc([N+](=O)[O-])cc2[N+](=O)[O-])cc1. The number of nitro groups is 2. The van der Waals surface area contributed by atoms with Crippen molar-refractivity contribution in [3.8, 4) is 5.69 Å². The Bertz CT molecular complexity index is 923. The monoisotopic (exact) mass is 372 g/mol. The Balaban J connectivity index is 2.17. The molecule has 0 aliphatic rings. The second kappa shape index (κ2) is 8.87. The zero-order valence-electron chi connectivity index (χ0n) is 13.9. The predicted octanol–water partition coefficient (Wildman–Crippen LogP) is 2.21. The van der Waals surface area contributed by atoms with Gasteiger partial charge in [-0.25, -0.2) is 0 Å². The molecule has 0 atom stereocenters. The first-order valence-electron chi connectivity index (χ1n) is 7.67. The van der Waals surface area contributed by atoms with Crippen LogP contribution in [0.1, 0.15) is 16.8 Å². The van der Waals surface area contributed by atoms with Crippen LogP contribution in [0.25, 0.3) is 16.1 Å². The van der Waals surface area contributed by atoms with Gasteiger partial charge in [-0.3, -0.25) is 25.0 Å². The number of nitro benzene ring substituents is 2. The Morgan fingerprint density at radius 2 is 1.89 bits per heavy atom. The molecule has 1 heterocycles. The molecule has 0 radical (unpaired) electrons. The fourth-order valence-corrected chi connectivity index (χ4v) is 2.23. The van der Waals surface area contributed by atoms with Crippen molar-refractivity contribution >= 4 is 17.3 Å². The number of hydrogen-bond acceptors (Lipinski definition) is 6. The molecule has 2 rings (SSSR count). The summed E-state index contributed by atoms with van der Waals surface area (Å²) in [6.07, 6.45) is 3.39. The van der Waals surface area contributed by atoms with E-state index in [1.807, 2.05) is 0 Å². The number of azide groups is 1. The molecule has 1 aromatic carbocycles. The summed E-state index contributed by atoms with van der Waals surface area (Å²) in [7, 11) is 0. The lowest BCUT2D eigenvalue weighted by atomic mass is 10.2. The van der Waals surface area contributed by atoms with E-state index in [4.69, 9.17) is 5.53 Å². The van der Waals surface area contributed by atoms with Crippen LogP contribution in [-0.2, 0) is 0 Å². The normalized spacial score (nSPS) is 9.93. The minimum absolute atomic E-state index is 0.131. The third kappa shape index (κ3) is 4.96. The first-order valence-corrected chi connectivity index (χ1v) is 7.67. The van der Waals surface area contributed by atoms with Crippen molar-refractivity contribution < 1.29 is 19.2 Å². The molecule has 0 fully saturated rings. The maximum atomic E-state index is 12.0. The standard InChI is InChI=1S/C15H13N7O5/c16-19-18-7-1-6-17-15(23)11-4-8-20(9-5-11)13-3-2-12(21(24)25)10-14(13)22(26)27/h2-5,8-10H,1,6-7H2/p+1. The smallest absolute Gasteiger partial charge is 0.347 e. The van der Waals surface area contributed by atoms with Crippen LogP contribution in [0.15, 0.2) is 47.8 Å². The van der Waals surface area contributed by atoms with Crippen molar-refractivity contribution in [2.75, 3.05) is 13.1 Å². The molecule has 1 N–H and O–H groups in total. The highest BCUT2D eigenvalue weighted by atomic mass is 16.6. The summed E-state index contributed by atoms with van der Waals surface area (Å²) in [5.41, 5.74) is 7.81. The van der Waals surface area contributed by atoms with Crippen LogP contribution < -0.4 is 9.88 Å². The van der Waals surface area contributed by atoms with Crippen LogP contribution in [0.2, 0.25) is 0 Å². The Morgan fingerprint density at radius 3 is 2.48 bits per heavy atom. The van der Waals surface area contributed by atoms with Gasteiger partial charge in [-0.2, -0.15) is 4.57 Å². The molecule has 0 spiro atoms. The van der Waals surface area contributed by atoms with E-state index in [-0.39, 0.29) is 23.8 Å². The van der Waals surface area contributed by atoms with Crippen LogP contribution in [-0.4, -0.2) is 28.8 Å². The fourth-order valence-electron chi connectivity index (χ4n) is 2.23. The van der Waals surface area contributed by atoms with Gasteiger partial charge in [0, 0.05) is 42.3 Å². The molecule has 0 bridgehead atoms. The molecule has 1 amide bonds. The minimum Gasteiger partial charge on any atom is -0.352 e. The molecule has 12 heteroatoms. The van der Waals surface area contributed by atoms with Crippen LogP contribution >= 0.6 is 0 Å². The van der Waals surface area contributed by atoms with Gasteiger partial charge in [0.15, 0.2) is 12.4 Å².